The van der Waals surface area contributed by atoms with Crippen molar-refractivity contribution in [2.75, 3.05) is 11.9 Å². The summed E-state index contributed by atoms with van der Waals surface area (Å²) in [5, 5.41) is 18.2. The summed E-state index contributed by atoms with van der Waals surface area (Å²) in [4.78, 5) is 24.8. The Balaban J connectivity index is 1.62. The van der Waals surface area contributed by atoms with Gasteiger partial charge in [0.15, 0.2) is 0 Å². The van der Waals surface area contributed by atoms with Crippen LogP contribution in [-0.2, 0) is 15.2 Å². The predicted octanol–water partition coefficient (Wildman–Crippen LogP) is 2.75. The molecule has 0 saturated heterocycles. The van der Waals surface area contributed by atoms with E-state index in [-0.39, 0.29) is 12.5 Å². The van der Waals surface area contributed by atoms with Crippen molar-refractivity contribution < 1.29 is 14.7 Å². The summed E-state index contributed by atoms with van der Waals surface area (Å²) in [6.07, 6.45) is 1.83. The number of amides is 2. The Bertz CT molecular complexity index is 746. The van der Waals surface area contributed by atoms with Gasteiger partial charge in [0.25, 0.3) is 0 Å². The van der Waals surface area contributed by atoms with Crippen molar-refractivity contribution in [2.24, 2.45) is 5.92 Å². The first-order valence-electron chi connectivity index (χ1n) is 7.61. The Morgan fingerprint density at radius 2 is 1.96 bits per heavy atom. The normalized spacial score (nSPS) is 16.2. The van der Waals surface area contributed by atoms with Crippen molar-refractivity contribution in [3.8, 4) is 0 Å². The minimum Gasteiger partial charge on any atom is -0.382 e. The highest BCUT2D eigenvalue weighted by Crippen LogP contribution is 2.46. The maximum Gasteiger partial charge on any atom is 0.313 e. The number of nitrogens with one attached hydrogen (secondary N) is 2. The number of halogens is 1. The molecule has 3 N–H and O–H groups in total. The van der Waals surface area contributed by atoms with Gasteiger partial charge in [0.2, 0.25) is 0 Å². The topological polar surface area (TPSA) is 78.4 Å². The quantitative estimate of drug-likeness (QED) is 0.714. The molecule has 1 aliphatic rings. The first-order valence-corrected chi connectivity index (χ1v) is 8.86. The number of rotatable bonds is 5. The molecule has 1 saturated carbocycles. The van der Waals surface area contributed by atoms with Crippen LogP contribution in [0.25, 0.3) is 0 Å². The van der Waals surface area contributed by atoms with Gasteiger partial charge in [-0.3, -0.25) is 9.59 Å². The highest BCUT2D eigenvalue weighted by molar-refractivity contribution is 7.10. The second-order valence-electron chi connectivity index (χ2n) is 5.79. The predicted molar refractivity (Wildman–Crippen MR) is 94.0 cm³/mol. The van der Waals surface area contributed by atoms with Crippen LogP contribution in [-0.4, -0.2) is 23.5 Å². The number of carbonyl (C=O) groups is 2. The zero-order valence-electron chi connectivity index (χ0n) is 12.8. The molecule has 7 heteroatoms. The molecular weight excluding hydrogens is 348 g/mol. The first-order chi connectivity index (χ1) is 11.5. The minimum absolute atomic E-state index is 0.00690. The lowest BCUT2D eigenvalue weighted by molar-refractivity contribution is -0.137. The van der Waals surface area contributed by atoms with Crippen LogP contribution in [0.2, 0.25) is 5.02 Å². The molecule has 0 radical (unpaired) electrons. The van der Waals surface area contributed by atoms with Gasteiger partial charge >= 0.3 is 11.8 Å². The average Bonchev–Trinajstić information content (AvgIpc) is 3.29. The molecule has 0 unspecified atom stereocenters. The Kier molecular flexibility index (Phi) is 4.89. The summed E-state index contributed by atoms with van der Waals surface area (Å²) in [7, 11) is 0. The Labute approximate surface area is 148 Å². The van der Waals surface area contributed by atoms with E-state index in [1.807, 2.05) is 17.5 Å². The van der Waals surface area contributed by atoms with E-state index < -0.39 is 17.4 Å². The minimum atomic E-state index is -1.12. The third kappa shape index (κ3) is 3.61. The second kappa shape index (κ2) is 6.93. The van der Waals surface area contributed by atoms with Gasteiger partial charge in [-0.15, -0.1) is 11.3 Å². The van der Waals surface area contributed by atoms with Gasteiger partial charge in [-0.2, -0.15) is 0 Å². The fraction of sp³-hybridized carbons (Fsp3) is 0.294. The van der Waals surface area contributed by atoms with Crippen molar-refractivity contribution in [1.29, 1.82) is 0 Å². The van der Waals surface area contributed by atoms with Gasteiger partial charge in [0.05, 0.1) is 17.3 Å². The van der Waals surface area contributed by atoms with Crippen molar-refractivity contribution in [3.63, 3.8) is 0 Å². The van der Waals surface area contributed by atoms with Crippen LogP contribution in [0, 0.1) is 5.92 Å². The van der Waals surface area contributed by atoms with E-state index in [2.05, 4.69) is 10.6 Å². The summed E-state index contributed by atoms with van der Waals surface area (Å²) in [6.45, 7) is 0.00690. The summed E-state index contributed by atoms with van der Waals surface area (Å²) < 4.78 is 0. The first kappa shape index (κ1) is 17.0. The van der Waals surface area contributed by atoms with Crippen molar-refractivity contribution in [1.82, 2.24) is 5.32 Å². The third-order valence-corrected chi connectivity index (χ3v) is 5.41. The van der Waals surface area contributed by atoms with Crippen molar-refractivity contribution in [3.05, 3.63) is 51.7 Å². The number of benzene rings is 1. The van der Waals surface area contributed by atoms with Crippen molar-refractivity contribution in [2.45, 2.75) is 18.4 Å². The number of carbonyl (C=O) groups excluding carboxylic acids is 2. The molecule has 1 heterocycles. The van der Waals surface area contributed by atoms with Gasteiger partial charge in [-0.1, -0.05) is 29.8 Å². The molecule has 2 amide bonds. The number of aliphatic hydroxyl groups is 1. The molecule has 1 atom stereocenters. The number of para-hydroxylation sites is 1. The largest absolute Gasteiger partial charge is 0.382 e. The lowest BCUT2D eigenvalue weighted by Crippen LogP contribution is -2.45. The molecule has 2 aromatic rings. The average molecular weight is 365 g/mol. The molecule has 5 nitrogen and oxygen atoms in total. The Morgan fingerprint density at radius 3 is 2.58 bits per heavy atom. The van der Waals surface area contributed by atoms with Crippen LogP contribution < -0.4 is 10.6 Å². The second-order valence-corrected chi connectivity index (χ2v) is 7.15. The zero-order chi connectivity index (χ0) is 17.2. The number of anilines is 1. The van der Waals surface area contributed by atoms with Crippen LogP contribution in [0.4, 0.5) is 5.69 Å². The standard InChI is InChI=1S/C17H17ClN2O3S/c18-12-4-1-2-5-13(12)20-16(22)15(21)19-10-17(23,11-7-8-11)14-6-3-9-24-14/h1-6,9,11,23H,7-8,10H2,(H,19,21)(H,20,22)/t17-/m0/s1. The Morgan fingerprint density at radius 1 is 1.21 bits per heavy atom. The highest BCUT2D eigenvalue weighted by Gasteiger charge is 2.46. The summed E-state index contributed by atoms with van der Waals surface area (Å²) in [5.74, 6) is -1.50. The molecule has 1 aliphatic carbocycles. The fourth-order valence-corrected chi connectivity index (χ4v) is 3.64. The monoisotopic (exact) mass is 364 g/mol. The zero-order valence-corrected chi connectivity index (χ0v) is 14.4. The van der Waals surface area contributed by atoms with Crippen LogP contribution in [0.15, 0.2) is 41.8 Å². The van der Waals surface area contributed by atoms with Crippen molar-refractivity contribution >= 4 is 40.4 Å². The molecule has 0 aliphatic heterocycles. The molecule has 24 heavy (non-hydrogen) atoms. The molecule has 0 bridgehead atoms. The molecule has 1 fully saturated rings. The van der Waals surface area contributed by atoms with Gasteiger partial charge in [-0.05, 0) is 42.3 Å². The van der Waals surface area contributed by atoms with Gasteiger partial charge < -0.3 is 15.7 Å². The maximum absolute atomic E-state index is 12.0. The van der Waals surface area contributed by atoms with Crippen LogP contribution in [0.3, 0.4) is 0 Å². The van der Waals surface area contributed by atoms with Gasteiger partial charge in [-0.25, -0.2) is 0 Å². The fourth-order valence-electron chi connectivity index (χ4n) is 2.56. The van der Waals surface area contributed by atoms with Crippen LogP contribution >= 0.6 is 22.9 Å². The van der Waals surface area contributed by atoms with E-state index in [1.54, 1.807) is 24.3 Å². The smallest absolute Gasteiger partial charge is 0.313 e. The summed E-state index contributed by atoms with van der Waals surface area (Å²) in [5.41, 5.74) is -0.746. The Hall–Kier alpha value is -1.89. The highest BCUT2D eigenvalue weighted by atomic mass is 35.5. The van der Waals surface area contributed by atoms with Crippen LogP contribution in [0.1, 0.15) is 17.7 Å². The molecular formula is C17H17ClN2O3S. The van der Waals surface area contributed by atoms with E-state index >= 15 is 0 Å². The molecule has 0 spiro atoms. The number of thiophene rings is 1. The van der Waals surface area contributed by atoms with Gasteiger partial charge in [0.1, 0.15) is 5.60 Å². The van der Waals surface area contributed by atoms with E-state index in [4.69, 9.17) is 11.6 Å². The summed E-state index contributed by atoms with van der Waals surface area (Å²) in [6, 6.07) is 10.4. The molecule has 3 rings (SSSR count). The van der Waals surface area contributed by atoms with Gasteiger partial charge in [0, 0.05) is 4.88 Å². The molecule has 126 valence electrons. The number of hydrogen-bond donors (Lipinski definition) is 3. The van der Waals surface area contributed by atoms with E-state index in [0.29, 0.717) is 10.7 Å². The lowest BCUT2D eigenvalue weighted by Gasteiger charge is -2.27. The SMILES string of the molecule is O=C(NC[C@@](O)(c1cccs1)C1CC1)C(=O)Nc1ccccc1Cl. The van der Waals surface area contributed by atoms with E-state index in [9.17, 15) is 14.7 Å². The maximum atomic E-state index is 12.0. The van der Waals surface area contributed by atoms with Crippen LogP contribution in [0.5, 0.6) is 0 Å². The summed E-state index contributed by atoms with van der Waals surface area (Å²) >= 11 is 7.40. The van der Waals surface area contributed by atoms with E-state index in [1.165, 1.54) is 11.3 Å². The lowest BCUT2D eigenvalue weighted by atomic mass is 9.95. The third-order valence-electron chi connectivity index (χ3n) is 4.05. The molecule has 1 aromatic carbocycles. The van der Waals surface area contributed by atoms with E-state index in [0.717, 1.165) is 17.7 Å². The molecule has 1 aromatic heterocycles. The number of hydrogen-bond acceptors (Lipinski definition) is 4.